The average molecular weight is 778 g/mol. The first-order valence-electron chi connectivity index (χ1n) is 12.6. The molecule has 0 fully saturated rings. The van der Waals surface area contributed by atoms with Crippen LogP contribution in [0.1, 0.15) is 0 Å². The molecular weight excluding hydrogens is 773 g/mol. The predicted octanol–water partition coefficient (Wildman–Crippen LogP) is 4.89. The molecule has 25 heteroatoms. The Balaban J connectivity index is 2.04. The first-order chi connectivity index (χ1) is 23.1. The van der Waals surface area contributed by atoms with Crippen molar-refractivity contribution in [2.24, 2.45) is 0 Å². The fourth-order valence-electron chi connectivity index (χ4n) is 4.45. The van der Waals surface area contributed by atoms with Gasteiger partial charge in [0.05, 0.1) is 0 Å². The lowest BCUT2D eigenvalue weighted by atomic mass is 9.54. The van der Waals surface area contributed by atoms with Crippen LogP contribution in [0.15, 0.2) is 0 Å². The van der Waals surface area contributed by atoms with Crippen LogP contribution in [0.5, 0.6) is 0 Å². The lowest BCUT2D eigenvalue weighted by molar-refractivity contribution is 0.376. The molecule has 0 spiro atoms. The Bertz CT molecular complexity index is 1690. The van der Waals surface area contributed by atoms with Gasteiger partial charge in [-0.05, 0) is 0 Å². The molecule has 0 N–H and O–H groups in total. The number of hydrogen-bond donors (Lipinski definition) is 0. The van der Waals surface area contributed by atoms with E-state index in [0.29, 0.717) is 5.79 Å². The molecule has 0 aromatic heterocycles. The lowest BCUT2D eigenvalue weighted by Gasteiger charge is -2.26. The number of rotatable bonds is 8. The molecule has 50 heavy (non-hydrogen) atoms. The van der Waals surface area contributed by atoms with Crippen molar-refractivity contribution in [3.05, 3.63) is 111 Å². The van der Waals surface area contributed by atoms with E-state index in [-0.39, 0.29) is 0 Å². The highest BCUT2D eigenvalue weighted by Crippen LogP contribution is 2.23. The van der Waals surface area contributed by atoms with Crippen LogP contribution in [0.25, 0.3) is 0 Å². The third-order valence-electron chi connectivity index (χ3n) is 6.78. The highest BCUT2D eigenvalue weighted by atomic mass is 31.0. The molecule has 4 rings (SSSR count). The summed E-state index contributed by atoms with van der Waals surface area (Å²) in [6, 6.07) is 0. The molecule has 0 amide bonds. The van der Waals surface area contributed by atoms with Gasteiger partial charge >= 0.3 is 28.6 Å². The van der Waals surface area contributed by atoms with Crippen LogP contribution < -0.4 is 27.2 Å². The van der Waals surface area contributed by atoms with E-state index in [2.05, 4.69) is 0 Å². The molecule has 4 aromatic rings. The number of benzene rings is 4. The van der Waals surface area contributed by atoms with Gasteiger partial charge in [0, 0.05) is 27.2 Å². The predicted molar refractivity (Wildman–Crippen MR) is 138 cm³/mol. The zero-order valence-corrected chi connectivity index (χ0v) is 25.6. The molecule has 264 valence electrons. The summed E-state index contributed by atoms with van der Waals surface area (Å²) in [5.74, 6) is -54.3. The molecular formula is C25H5AlB2F19O2P. The summed E-state index contributed by atoms with van der Waals surface area (Å²) >= 11 is -4.87. The zero-order chi connectivity index (χ0) is 38.0. The largest absolute Gasteiger partial charge is 0.640 e. The van der Waals surface area contributed by atoms with E-state index in [1.807, 2.05) is 0 Å². The van der Waals surface area contributed by atoms with E-state index >= 15 is 4.39 Å². The van der Waals surface area contributed by atoms with E-state index < -0.39 is 166 Å². The van der Waals surface area contributed by atoms with Crippen LogP contribution in [0.2, 0.25) is 5.79 Å². The van der Waals surface area contributed by atoms with Gasteiger partial charge in [0.1, 0.15) is 0 Å². The molecule has 0 aliphatic heterocycles. The van der Waals surface area contributed by atoms with Gasteiger partial charge in [-0.25, -0.2) is 83.4 Å². The quantitative estimate of drug-likeness (QED) is 0.0835. The van der Waals surface area contributed by atoms with Crippen LogP contribution in [-0.4, -0.2) is 28.6 Å². The Labute approximate surface area is 272 Å². The first kappa shape index (κ1) is 39.3. The van der Waals surface area contributed by atoms with Crippen molar-refractivity contribution in [2.45, 2.75) is 5.79 Å². The topological polar surface area (TPSA) is 18.5 Å². The third kappa shape index (κ3) is 6.22. The van der Waals surface area contributed by atoms with E-state index in [4.69, 9.17) is 7.41 Å². The second kappa shape index (κ2) is 14.3. The van der Waals surface area contributed by atoms with Crippen molar-refractivity contribution in [2.75, 3.05) is 0 Å². The standard InChI is InChI=1S/C12BF10O.C12H2BF9OP.CH3.Al/c14-3-1(4(15)8(19)11(22)7(3)18)13(24)2-5(16)9(20)12(23)10(21)6(2)17;14-3-1(4(15)7(18)9(20)6(3)17)13(23)2-5(16)8(19)10(21)11(22)12(2)24;;/h;24H2;1H3;/q2*-1;;+2. The Morgan fingerprint density at radius 2 is 0.500 bits per heavy atom. The summed E-state index contributed by atoms with van der Waals surface area (Å²) in [5.41, 5.74) is -9.35. The Morgan fingerprint density at radius 1 is 0.320 bits per heavy atom. The molecule has 1 unspecified atom stereocenters. The number of hydrogen-bond acceptors (Lipinski definition) is 2. The van der Waals surface area contributed by atoms with E-state index in [9.17, 15) is 79.0 Å². The van der Waals surface area contributed by atoms with Gasteiger partial charge in [-0.15, -0.1) is 9.24 Å². The Kier molecular flexibility index (Phi) is 11.2. The second-order valence-electron chi connectivity index (χ2n) is 9.63. The molecule has 0 saturated heterocycles. The third-order valence-corrected chi connectivity index (χ3v) is 8.65. The van der Waals surface area contributed by atoms with Gasteiger partial charge in [-0.3, -0.25) is 0 Å². The maximum absolute atomic E-state index is 15.0. The van der Waals surface area contributed by atoms with Gasteiger partial charge < -0.3 is 7.41 Å². The van der Waals surface area contributed by atoms with Crippen molar-refractivity contribution in [1.82, 2.24) is 0 Å². The molecule has 0 aliphatic rings. The van der Waals surface area contributed by atoms with Gasteiger partial charge in [0.2, 0.25) is 0 Å². The maximum atomic E-state index is 15.0. The highest BCUT2D eigenvalue weighted by Gasteiger charge is 2.46. The Hall–Kier alpha value is -3.44. The molecule has 0 heterocycles. The normalized spacial score (nSPS) is 11.5. The highest BCUT2D eigenvalue weighted by molar-refractivity contribution is 7.29. The van der Waals surface area contributed by atoms with Crippen molar-refractivity contribution >= 4 is 65.0 Å². The fraction of sp³-hybridized carbons (Fsp3) is 0.0400. The summed E-state index contributed by atoms with van der Waals surface area (Å²) < 4.78 is 283. The molecule has 1 atom stereocenters. The van der Waals surface area contributed by atoms with Gasteiger partial charge in [-0.1, -0.05) is 5.79 Å². The van der Waals surface area contributed by atoms with Crippen molar-refractivity contribution in [3.8, 4) is 0 Å². The second-order valence-corrected chi connectivity index (χ2v) is 11.9. The van der Waals surface area contributed by atoms with E-state index in [1.54, 1.807) is 0 Å². The monoisotopic (exact) mass is 778 g/mol. The van der Waals surface area contributed by atoms with Crippen LogP contribution in [0.3, 0.4) is 0 Å². The van der Waals surface area contributed by atoms with Crippen LogP contribution in [0.4, 0.5) is 83.4 Å². The smallest absolute Gasteiger partial charge is 0.538 e. The first-order valence-corrected chi connectivity index (χ1v) is 15.2. The van der Waals surface area contributed by atoms with Crippen molar-refractivity contribution in [3.63, 3.8) is 0 Å². The Morgan fingerprint density at radius 3 is 0.760 bits per heavy atom. The van der Waals surface area contributed by atoms with Gasteiger partial charge in [0.25, 0.3) is 0 Å². The average Bonchev–Trinajstić information content (AvgIpc) is 3.07. The van der Waals surface area contributed by atoms with Crippen LogP contribution in [0, 0.1) is 111 Å². The van der Waals surface area contributed by atoms with Crippen molar-refractivity contribution < 1.29 is 90.8 Å². The summed E-state index contributed by atoms with van der Waals surface area (Å²) in [5, 5.41) is -1.60. The van der Waals surface area contributed by atoms with Crippen LogP contribution in [-0.2, 0) is 7.41 Å². The SMILES string of the molecule is [CH3][Al]([O]B(c1c(F)c(F)c(F)c(F)c1F)c1c(F)c(F)c(F)c(F)c1F)[O]B(c1c(F)c(F)c(F)c(F)c1F)c1c(F)c(F)c(F)c(F)c1P. The number of halogens is 19. The minimum Gasteiger partial charge on any atom is -0.538 e. The van der Waals surface area contributed by atoms with Gasteiger partial charge in [0.15, 0.2) is 111 Å². The molecule has 2 nitrogen and oxygen atoms in total. The maximum Gasteiger partial charge on any atom is 0.640 e. The summed E-state index contributed by atoms with van der Waals surface area (Å²) in [6.07, 6.45) is 0. The lowest BCUT2D eigenvalue weighted by Crippen LogP contribution is -2.60. The summed E-state index contributed by atoms with van der Waals surface area (Å²) in [6.45, 7) is -7.17. The molecule has 0 aliphatic carbocycles. The molecule has 4 aromatic carbocycles. The summed E-state index contributed by atoms with van der Waals surface area (Å²) in [7, 11) is 1.14. The minimum absolute atomic E-state index is 0.348. The molecule has 0 saturated carbocycles. The van der Waals surface area contributed by atoms with Crippen LogP contribution >= 0.6 is 9.24 Å². The van der Waals surface area contributed by atoms with E-state index in [0.717, 1.165) is 9.24 Å². The summed E-state index contributed by atoms with van der Waals surface area (Å²) in [4.78, 5) is 0. The van der Waals surface area contributed by atoms with Crippen molar-refractivity contribution in [1.29, 1.82) is 0 Å². The zero-order valence-electron chi connectivity index (χ0n) is 23.3. The molecule has 0 radical (unpaired) electrons. The fourth-order valence-corrected chi connectivity index (χ4v) is 6.23. The minimum atomic E-state index is -4.87. The van der Waals surface area contributed by atoms with E-state index in [1.165, 1.54) is 0 Å². The van der Waals surface area contributed by atoms with Gasteiger partial charge in [-0.2, -0.15) is 0 Å². The molecule has 0 bridgehead atoms.